The molecule has 3 aromatic carbocycles. The van der Waals surface area contributed by atoms with E-state index >= 15 is 0 Å². The molecule has 0 aliphatic carbocycles. The van der Waals surface area contributed by atoms with E-state index in [2.05, 4.69) is 20.9 Å². The SMILES string of the molecule is O=c1[nH]cc2ccc(OS(=O)(=O)c3ccc(Br)cc3)cc2c1-c1cc(F)c(F)c(F)c1. The normalized spacial score (nSPS) is 11.6. The van der Waals surface area contributed by atoms with Crippen molar-refractivity contribution in [3.63, 3.8) is 0 Å². The van der Waals surface area contributed by atoms with Gasteiger partial charge in [-0.05, 0) is 65.5 Å². The highest BCUT2D eigenvalue weighted by Crippen LogP contribution is 2.31. The Morgan fingerprint density at radius 1 is 0.903 bits per heavy atom. The van der Waals surface area contributed by atoms with Gasteiger partial charge in [0.25, 0.3) is 5.56 Å². The lowest BCUT2D eigenvalue weighted by molar-refractivity contribution is 0.447. The first-order valence-electron chi connectivity index (χ1n) is 8.66. The molecule has 158 valence electrons. The minimum absolute atomic E-state index is 0.0930. The summed E-state index contributed by atoms with van der Waals surface area (Å²) in [7, 11) is -4.18. The lowest BCUT2D eigenvalue weighted by atomic mass is 10.00. The summed E-state index contributed by atoms with van der Waals surface area (Å²) in [6.45, 7) is 0. The van der Waals surface area contributed by atoms with Crippen LogP contribution in [0.3, 0.4) is 0 Å². The van der Waals surface area contributed by atoms with Gasteiger partial charge in [0.2, 0.25) is 0 Å². The van der Waals surface area contributed by atoms with Crippen molar-refractivity contribution in [2.45, 2.75) is 4.90 Å². The molecule has 0 fully saturated rings. The van der Waals surface area contributed by atoms with E-state index in [9.17, 15) is 26.4 Å². The van der Waals surface area contributed by atoms with E-state index in [0.717, 1.165) is 0 Å². The minimum atomic E-state index is -4.18. The second-order valence-electron chi connectivity index (χ2n) is 6.49. The third kappa shape index (κ3) is 4.08. The number of H-pyrrole nitrogens is 1. The lowest BCUT2D eigenvalue weighted by Crippen LogP contribution is -2.11. The molecule has 0 unspecified atom stereocenters. The smallest absolute Gasteiger partial charge is 0.339 e. The van der Waals surface area contributed by atoms with E-state index in [1.54, 1.807) is 0 Å². The highest BCUT2D eigenvalue weighted by molar-refractivity contribution is 9.10. The number of fused-ring (bicyclic) bond motifs is 1. The molecular formula is C21H11BrF3NO4S. The third-order valence-corrected chi connectivity index (χ3v) is 6.25. The second-order valence-corrected chi connectivity index (χ2v) is 8.95. The number of rotatable bonds is 4. The van der Waals surface area contributed by atoms with Gasteiger partial charge >= 0.3 is 10.1 Å². The van der Waals surface area contributed by atoms with Crippen LogP contribution in [-0.2, 0) is 10.1 Å². The maximum Gasteiger partial charge on any atom is 0.339 e. The predicted molar refractivity (Wildman–Crippen MR) is 112 cm³/mol. The van der Waals surface area contributed by atoms with Gasteiger partial charge in [-0.15, -0.1) is 0 Å². The minimum Gasteiger partial charge on any atom is -0.379 e. The van der Waals surface area contributed by atoms with Gasteiger partial charge in [-0.3, -0.25) is 4.79 Å². The summed E-state index contributed by atoms with van der Waals surface area (Å²) in [4.78, 5) is 14.8. The molecule has 0 aliphatic heterocycles. The van der Waals surface area contributed by atoms with Crippen LogP contribution in [-0.4, -0.2) is 13.4 Å². The van der Waals surface area contributed by atoms with E-state index in [1.165, 1.54) is 48.7 Å². The Bertz CT molecular complexity index is 1460. The van der Waals surface area contributed by atoms with Crippen molar-refractivity contribution >= 4 is 36.8 Å². The summed E-state index contributed by atoms with van der Waals surface area (Å²) in [5.41, 5.74) is -1.08. The van der Waals surface area contributed by atoms with Crippen molar-refractivity contribution in [2.24, 2.45) is 0 Å². The zero-order chi connectivity index (χ0) is 22.3. The Kier molecular flexibility index (Phi) is 5.36. The fourth-order valence-corrected chi connectivity index (χ4v) is 4.22. The van der Waals surface area contributed by atoms with Crippen LogP contribution in [0, 0.1) is 17.5 Å². The number of hydrogen-bond donors (Lipinski definition) is 1. The van der Waals surface area contributed by atoms with Crippen molar-refractivity contribution in [3.05, 3.63) is 93.1 Å². The molecule has 1 aromatic heterocycles. The van der Waals surface area contributed by atoms with E-state index < -0.39 is 33.1 Å². The predicted octanol–water partition coefficient (Wildman–Crippen LogP) is 5.14. The third-order valence-electron chi connectivity index (χ3n) is 4.46. The van der Waals surface area contributed by atoms with Crippen molar-refractivity contribution in [2.75, 3.05) is 0 Å². The van der Waals surface area contributed by atoms with Crippen LogP contribution in [0.4, 0.5) is 13.2 Å². The Hall–Kier alpha value is -3.11. The number of nitrogens with one attached hydrogen (secondary N) is 1. The number of benzene rings is 3. The van der Waals surface area contributed by atoms with Gasteiger partial charge in [0.1, 0.15) is 10.6 Å². The zero-order valence-electron chi connectivity index (χ0n) is 15.3. The topological polar surface area (TPSA) is 76.2 Å². The highest BCUT2D eigenvalue weighted by atomic mass is 79.9. The molecule has 0 amide bonds. The molecule has 10 heteroatoms. The van der Waals surface area contributed by atoms with Crippen LogP contribution in [0.5, 0.6) is 5.75 Å². The number of hydrogen-bond acceptors (Lipinski definition) is 4. The van der Waals surface area contributed by atoms with Crippen molar-refractivity contribution in [3.8, 4) is 16.9 Å². The molecule has 0 aliphatic rings. The average molecular weight is 510 g/mol. The number of halogens is 4. The molecule has 0 radical (unpaired) electrons. The Morgan fingerprint density at radius 3 is 2.19 bits per heavy atom. The van der Waals surface area contributed by atoms with Crippen LogP contribution < -0.4 is 9.74 Å². The molecule has 0 bridgehead atoms. The fraction of sp³-hybridized carbons (Fsp3) is 0. The summed E-state index contributed by atoms with van der Waals surface area (Å²) in [5.74, 6) is -4.70. The van der Waals surface area contributed by atoms with Gasteiger partial charge < -0.3 is 9.17 Å². The Balaban J connectivity index is 1.85. The molecule has 31 heavy (non-hydrogen) atoms. The molecule has 5 nitrogen and oxygen atoms in total. The maximum absolute atomic E-state index is 13.7. The van der Waals surface area contributed by atoms with E-state index in [4.69, 9.17) is 4.18 Å². The summed E-state index contributed by atoms with van der Waals surface area (Å²) in [5, 5.41) is 0.603. The van der Waals surface area contributed by atoms with Crippen LogP contribution in [0.2, 0.25) is 0 Å². The second kappa shape index (κ2) is 7.86. The van der Waals surface area contributed by atoms with Crippen LogP contribution in [0.25, 0.3) is 21.9 Å². The van der Waals surface area contributed by atoms with Crippen LogP contribution >= 0.6 is 15.9 Å². The Labute approximate surface area is 182 Å². The molecule has 1 heterocycles. The average Bonchev–Trinajstić information content (AvgIpc) is 2.71. The first kappa shape index (κ1) is 21.1. The summed E-state index contributed by atoms with van der Waals surface area (Å²) >= 11 is 3.21. The monoisotopic (exact) mass is 509 g/mol. The van der Waals surface area contributed by atoms with Crippen molar-refractivity contribution < 1.29 is 25.8 Å². The van der Waals surface area contributed by atoms with Gasteiger partial charge in [0, 0.05) is 16.1 Å². The zero-order valence-corrected chi connectivity index (χ0v) is 17.7. The summed E-state index contributed by atoms with van der Waals surface area (Å²) in [6, 6.07) is 11.2. The summed E-state index contributed by atoms with van der Waals surface area (Å²) in [6.07, 6.45) is 1.35. The standard InChI is InChI=1S/C21H11BrF3NO4S/c22-13-2-5-15(6-3-13)31(28,29)30-14-4-1-11-10-26-21(27)19(16(11)9-14)12-7-17(23)20(25)18(24)8-12/h1-10H,(H,26,27). The van der Waals surface area contributed by atoms with Gasteiger partial charge in [-0.2, -0.15) is 8.42 Å². The highest BCUT2D eigenvalue weighted by Gasteiger charge is 2.19. The van der Waals surface area contributed by atoms with Gasteiger partial charge in [-0.25, -0.2) is 13.2 Å². The Morgan fingerprint density at radius 2 is 1.55 bits per heavy atom. The molecule has 0 spiro atoms. The summed E-state index contributed by atoms with van der Waals surface area (Å²) < 4.78 is 71.8. The quantitative estimate of drug-likeness (QED) is 0.305. The first-order chi connectivity index (χ1) is 14.7. The number of aromatic nitrogens is 1. The molecule has 4 rings (SSSR count). The molecule has 4 aromatic rings. The van der Waals surface area contributed by atoms with Crippen LogP contribution in [0.1, 0.15) is 0 Å². The van der Waals surface area contributed by atoms with Crippen molar-refractivity contribution in [1.29, 1.82) is 0 Å². The number of pyridine rings is 1. The van der Waals surface area contributed by atoms with E-state index in [1.807, 2.05) is 0 Å². The van der Waals surface area contributed by atoms with Crippen molar-refractivity contribution in [1.82, 2.24) is 4.98 Å². The first-order valence-corrected chi connectivity index (χ1v) is 10.9. The maximum atomic E-state index is 13.7. The fourth-order valence-electron chi connectivity index (χ4n) is 3.03. The molecule has 0 saturated heterocycles. The van der Waals surface area contributed by atoms with Gasteiger partial charge in [-0.1, -0.05) is 15.9 Å². The molecule has 1 N–H and O–H groups in total. The molecule has 0 atom stereocenters. The van der Waals surface area contributed by atoms with E-state index in [-0.39, 0.29) is 27.2 Å². The largest absolute Gasteiger partial charge is 0.379 e. The molecular weight excluding hydrogens is 499 g/mol. The van der Waals surface area contributed by atoms with Crippen LogP contribution in [0.15, 0.2) is 75.0 Å². The van der Waals surface area contributed by atoms with Gasteiger partial charge in [0.15, 0.2) is 17.5 Å². The number of aromatic amines is 1. The lowest BCUT2D eigenvalue weighted by Gasteiger charge is -2.11. The van der Waals surface area contributed by atoms with Gasteiger partial charge in [0.05, 0.1) is 5.56 Å². The molecule has 0 saturated carbocycles. The van der Waals surface area contributed by atoms with E-state index in [0.29, 0.717) is 22.0 Å².